The minimum absolute atomic E-state index is 0.625. The van der Waals surface area contributed by atoms with Crippen LogP contribution >= 0.6 is 11.8 Å². The molecule has 3 atom stereocenters. The maximum Gasteiger partial charge on any atom is 0.0619 e. The highest BCUT2D eigenvalue weighted by atomic mass is 32.2. The predicted octanol–water partition coefficient (Wildman–Crippen LogP) is 1.51. The first kappa shape index (κ1) is 9.81. The molecule has 2 nitrogen and oxygen atoms in total. The first-order chi connectivity index (χ1) is 6.36. The summed E-state index contributed by atoms with van der Waals surface area (Å²) in [6.07, 6.45) is 2.53. The van der Waals surface area contributed by atoms with Gasteiger partial charge < -0.3 is 10.1 Å². The van der Waals surface area contributed by atoms with Crippen LogP contribution in [0.25, 0.3) is 0 Å². The molecule has 0 bridgehead atoms. The third kappa shape index (κ3) is 2.61. The van der Waals surface area contributed by atoms with Gasteiger partial charge in [0.05, 0.1) is 6.61 Å². The van der Waals surface area contributed by atoms with Crippen LogP contribution in [0.5, 0.6) is 0 Å². The largest absolute Gasteiger partial charge is 0.380 e. The molecule has 2 rings (SSSR count). The Kier molecular flexibility index (Phi) is 3.52. The lowest BCUT2D eigenvalue weighted by Crippen LogP contribution is -2.45. The molecule has 0 aromatic carbocycles. The molecule has 0 radical (unpaired) electrons. The van der Waals surface area contributed by atoms with Gasteiger partial charge in [-0.3, -0.25) is 0 Å². The number of nitrogens with one attached hydrogen (secondary N) is 1. The molecule has 3 heteroatoms. The Hall–Kier alpha value is 0.270. The van der Waals surface area contributed by atoms with E-state index in [4.69, 9.17) is 4.74 Å². The Morgan fingerprint density at radius 3 is 2.92 bits per heavy atom. The quantitative estimate of drug-likeness (QED) is 0.731. The van der Waals surface area contributed by atoms with E-state index in [0.29, 0.717) is 6.04 Å². The molecule has 2 fully saturated rings. The van der Waals surface area contributed by atoms with Crippen LogP contribution in [0.3, 0.4) is 0 Å². The topological polar surface area (TPSA) is 21.3 Å². The maximum atomic E-state index is 5.46. The summed E-state index contributed by atoms with van der Waals surface area (Å²) in [4.78, 5) is 0. The van der Waals surface area contributed by atoms with Gasteiger partial charge in [0, 0.05) is 24.4 Å². The molecule has 0 spiro atoms. The fourth-order valence-electron chi connectivity index (χ4n) is 2.05. The smallest absolute Gasteiger partial charge is 0.0619 e. The van der Waals surface area contributed by atoms with Gasteiger partial charge in [-0.1, -0.05) is 6.92 Å². The minimum atomic E-state index is 0.625. The fourth-order valence-corrected chi connectivity index (χ4v) is 3.47. The average molecular weight is 201 g/mol. The highest BCUT2D eigenvalue weighted by Crippen LogP contribution is 2.24. The second-order valence-corrected chi connectivity index (χ2v) is 5.28. The van der Waals surface area contributed by atoms with Gasteiger partial charge in [0.1, 0.15) is 0 Å². The highest BCUT2D eigenvalue weighted by Gasteiger charge is 2.26. The molecule has 2 aliphatic rings. The highest BCUT2D eigenvalue weighted by molar-refractivity contribution is 7.99. The Bertz CT molecular complexity index is 159. The van der Waals surface area contributed by atoms with Crippen molar-refractivity contribution in [2.24, 2.45) is 5.92 Å². The van der Waals surface area contributed by atoms with Gasteiger partial charge in [0.15, 0.2) is 0 Å². The van der Waals surface area contributed by atoms with E-state index in [9.17, 15) is 0 Å². The van der Waals surface area contributed by atoms with Gasteiger partial charge in [-0.25, -0.2) is 0 Å². The summed E-state index contributed by atoms with van der Waals surface area (Å²) < 4.78 is 5.46. The van der Waals surface area contributed by atoms with Crippen molar-refractivity contribution in [3.05, 3.63) is 0 Å². The summed E-state index contributed by atoms with van der Waals surface area (Å²) in [6, 6.07) is 1.36. The molecule has 13 heavy (non-hydrogen) atoms. The Labute approximate surface area is 84.8 Å². The normalized spacial score (nSPS) is 40.8. The molecule has 2 heterocycles. The molecular weight excluding hydrogens is 182 g/mol. The van der Waals surface area contributed by atoms with Crippen molar-refractivity contribution in [3.8, 4) is 0 Å². The van der Waals surface area contributed by atoms with Crippen molar-refractivity contribution in [1.29, 1.82) is 0 Å². The molecule has 0 aliphatic carbocycles. The summed E-state index contributed by atoms with van der Waals surface area (Å²) in [7, 11) is 0. The first-order valence-corrected chi connectivity index (χ1v) is 6.43. The number of rotatable bonds is 2. The van der Waals surface area contributed by atoms with Crippen LogP contribution in [0.1, 0.15) is 19.8 Å². The van der Waals surface area contributed by atoms with Gasteiger partial charge in [0.2, 0.25) is 0 Å². The van der Waals surface area contributed by atoms with Gasteiger partial charge in [0.25, 0.3) is 0 Å². The zero-order chi connectivity index (χ0) is 9.10. The zero-order valence-electron chi connectivity index (χ0n) is 8.29. The van der Waals surface area contributed by atoms with E-state index >= 15 is 0 Å². The van der Waals surface area contributed by atoms with Crippen LogP contribution in [0.2, 0.25) is 0 Å². The molecule has 2 aliphatic heterocycles. The Morgan fingerprint density at radius 2 is 2.31 bits per heavy atom. The van der Waals surface area contributed by atoms with Crippen molar-refractivity contribution in [1.82, 2.24) is 5.32 Å². The maximum absolute atomic E-state index is 5.46. The Balaban J connectivity index is 1.75. The molecule has 0 saturated carbocycles. The molecule has 76 valence electrons. The van der Waals surface area contributed by atoms with E-state index in [1.54, 1.807) is 0 Å². The van der Waals surface area contributed by atoms with E-state index in [1.807, 2.05) is 0 Å². The van der Waals surface area contributed by atoms with Gasteiger partial charge in [-0.05, 0) is 24.5 Å². The van der Waals surface area contributed by atoms with Crippen LogP contribution in [-0.4, -0.2) is 36.8 Å². The minimum Gasteiger partial charge on any atom is -0.380 e. The second-order valence-electron chi connectivity index (χ2n) is 4.20. The summed E-state index contributed by atoms with van der Waals surface area (Å²) in [5.74, 6) is 3.45. The average Bonchev–Trinajstić information content (AvgIpc) is 2.54. The monoisotopic (exact) mass is 201 g/mol. The third-order valence-electron chi connectivity index (χ3n) is 2.98. The molecule has 3 unspecified atom stereocenters. The van der Waals surface area contributed by atoms with Crippen LogP contribution in [-0.2, 0) is 4.74 Å². The number of hydrogen-bond donors (Lipinski definition) is 1. The number of thioether (sulfide) groups is 1. The van der Waals surface area contributed by atoms with Crippen LogP contribution in [0.15, 0.2) is 0 Å². The summed E-state index contributed by atoms with van der Waals surface area (Å²) >= 11 is 2.08. The van der Waals surface area contributed by atoms with Crippen LogP contribution < -0.4 is 5.32 Å². The van der Waals surface area contributed by atoms with Gasteiger partial charge in [-0.2, -0.15) is 11.8 Å². The van der Waals surface area contributed by atoms with Crippen molar-refractivity contribution in [3.63, 3.8) is 0 Å². The molecule has 0 aromatic rings. The van der Waals surface area contributed by atoms with Crippen molar-refractivity contribution in [2.75, 3.05) is 24.7 Å². The van der Waals surface area contributed by atoms with E-state index < -0.39 is 0 Å². The predicted molar refractivity (Wildman–Crippen MR) is 57.3 cm³/mol. The van der Waals surface area contributed by atoms with E-state index in [0.717, 1.165) is 25.2 Å². The molecule has 1 N–H and O–H groups in total. The standard InChI is InChI=1S/C10H19NOS/c1-8-6-13-7-10(8)11-9-3-2-4-12-5-9/h8-11H,2-7H2,1H3. The molecule has 0 aromatic heterocycles. The van der Waals surface area contributed by atoms with Crippen molar-refractivity contribution >= 4 is 11.8 Å². The van der Waals surface area contributed by atoms with E-state index in [-0.39, 0.29) is 0 Å². The van der Waals surface area contributed by atoms with Gasteiger partial charge >= 0.3 is 0 Å². The van der Waals surface area contributed by atoms with Crippen molar-refractivity contribution < 1.29 is 4.74 Å². The van der Waals surface area contributed by atoms with Crippen LogP contribution in [0, 0.1) is 5.92 Å². The summed E-state index contributed by atoms with van der Waals surface area (Å²) in [5, 5.41) is 3.72. The lowest BCUT2D eigenvalue weighted by atomic mass is 10.0. The summed E-state index contributed by atoms with van der Waals surface area (Å²) in [6.45, 7) is 4.24. The van der Waals surface area contributed by atoms with E-state index in [2.05, 4.69) is 24.0 Å². The lowest BCUT2D eigenvalue weighted by molar-refractivity contribution is 0.0657. The molecule has 2 saturated heterocycles. The Morgan fingerprint density at radius 1 is 1.38 bits per heavy atom. The first-order valence-electron chi connectivity index (χ1n) is 5.28. The lowest BCUT2D eigenvalue weighted by Gasteiger charge is -2.28. The molecular formula is C10H19NOS. The third-order valence-corrected chi connectivity index (χ3v) is 4.33. The van der Waals surface area contributed by atoms with E-state index in [1.165, 1.54) is 24.3 Å². The van der Waals surface area contributed by atoms with Gasteiger partial charge in [-0.15, -0.1) is 0 Å². The SMILES string of the molecule is CC1CSCC1NC1CCCOC1. The molecule has 0 amide bonds. The second kappa shape index (κ2) is 4.67. The van der Waals surface area contributed by atoms with Crippen molar-refractivity contribution in [2.45, 2.75) is 31.8 Å². The number of ether oxygens (including phenoxy) is 1. The summed E-state index contributed by atoms with van der Waals surface area (Å²) in [5.41, 5.74) is 0. The number of hydrogen-bond acceptors (Lipinski definition) is 3. The van der Waals surface area contributed by atoms with Crippen LogP contribution in [0.4, 0.5) is 0 Å². The fraction of sp³-hybridized carbons (Fsp3) is 1.00. The zero-order valence-corrected chi connectivity index (χ0v) is 9.11.